The van der Waals surface area contributed by atoms with Crippen LogP contribution in [-0.2, 0) is 4.79 Å². The van der Waals surface area contributed by atoms with Crippen molar-refractivity contribution in [3.8, 4) is 0 Å². The fourth-order valence-electron chi connectivity index (χ4n) is 1.92. The molecule has 88 valence electrons. The SMILES string of the molecule is CC(C)CN1CCCC(=O)N1CCCO. The van der Waals surface area contributed by atoms with E-state index >= 15 is 0 Å². The van der Waals surface area contributed by atoms with E-state index in [0.29, 0.717) is 25.3 Å². The van der Waals surface area contributed by atoms with Crippen molar-refractivity contribution in [2.45, 2.75) is 33.1 Å². The molecule has 0 aromatic heterocycles. The molecule has 0 aromatic rings. The maximum absolute atomic E-state index is 11.7. The molecule has 1 rings (SSSR count). The van der Waals surface area contributed by atoms with E-state index in [1.54, 1.807) is 0 Å². The maximum atomic E-state index is 11.7. The van der Waals surface area contributed by atoms with E-state index in [1.165, 1.54) is 0 Å². The van der Waals surface area contributed by atoms with E-state index in [-0.39, 0.29) is 12.5 Å². The maximum Gasteiger partial charge on any atom is 0.236 e. The minimum atomic E-state index is 0.152. The molecule has 15 heavy (non-hydrogen) atoms. The Bertz CT molecular complexity index is 207. The number of amides is 1. The number of carbonyl (C=O) groups excluding carboxylic acids is 1. The summed E-state index contributed by atoms with van der Waals surface area (Å²) < 4.78 is 0. The molecule has 4 heteroatoms. The zero-order chi connectivity index (χ0) is 11.3. The van der Waals surface area contributed by atoms with Crippen LogP contribution in [0.4, 0.5) is 0 Å². The average molecular weight is 214 g/mol. The van der Waals surface area contributed by atoms with Crippen molar-refractivity contribution in [3.63, 3.8) is 0 Å². The van der Waals surface area contributed by atoms with Gasteiger partial charge in [-0.2, -0.15) is 0 Å². The standard InChI is InChI=1S/C11H22N2O2/c1-10(2)9-12-6-3-5-11(15)13(12)7-4-8-14/h10,14H,3-9H2,1-2H3. The molecule has 0 radical (unpaired) electrons. The lowest BCUT2D eigenvalue weighted by molar-refractivity contribution is -0.156. The van der Waals surface area contributed by atoms with Gasteiger partial charge < -0.3 is 5.11 Å². The molecule has 0 atom stereocenters. The van der Waals surface area contributed by atoms with Gasteiger partial charge in [-0.05, 0) is 18.8 Å². The van der Waals surface area contributed by atoms with Gasteiger partial charge in [0.15, 0.2) is 0 Å². The molecule has 0 unspecified atom stereocenters. The van der Waals surface area contributed by atoms with Gasteiger partial charge >= 0.3 is 0 Å². The zero-order valence-electron chi connectivity index (χ0n) is 9.78. The highest BCUT2D eigenvalue weighted by molar-refractivity contribution is 5.76. The average Bonchev–Trinajstić information content (AvgIpc) is 2.16. The summed E-state index contributed by atoms with van der Waals surface area (Å²) in [7, 11) is 0. The molecule has 1 amide bonds. The fraction of sp³-hybridized carbons (Fsp3) is 0.909. The van der Waals surface area contributed by atoms with Crippen molar-refractivity contribution in [2.24, 2.45) is 5.92 Å². The molecule has 1 N–H and O–H groups in total. The third kappa shape index (κ3) is 3.80. The summed E-state index contributed by atoms with van der Waals surface area (Å²) in [5.41, 5.74) is 0. The van der Waals surface area contributed by atoms with Crippen molar-refractivity contribution in [1.82, 2.24) is 10.0 Å². The summed E-state index contributed by atoms with van der Waals surface area (Å²) in [6.45, 7) is 7.01. The first-order valence-corrected chi connectivity index (χ1v) is 5.81. The van der Waals surface area contributed by atoms with Crippen molar-refractivity contribution >= 4 is 5.91 Å². The Morgan fingerprint density at radius 3 is 2.80 bits per heavy atom. The summed E-state index contributed by atoms with van der Waals surface area (Å²) in [6, 6.07) is 0. The smallest absolute Gasteiger partial charge is 0.236 e. The molecule has 0 aromatic carbocycles. The molecule has 1 saturated heterocycles. The quantitative estimate of drug-likeness (QED) is 0.738. The van der Waals surface area contributed by atoms with Crippen LogP contribution in [0.3, 0.4) is 0 Å². The van der Waals surface area contributed by atoms with Gasteiger partial charge in [-0.3, -0.25) is 9.80 Å². The first-order valence-electron chi connectivity index (χ1n) is 5.81. The number of nitrogens with zero attached hydrogens (tertiary/aromatic N) is 2. The van der Waals surface area contributed by atoms with Gasteiger partial charge in [0.1, 0.15) is 0 Å². The molecule has 4 nitrogen and oxygen atoms in total. The Morgan fingerprint density at radius 1 is 1.47 bits per heavy atom. The Balaban J connectivity index is 2.51. The molecule has 1 heterocycles. The van der Waals surface area contributed by atoms with Gasteiger partial charge in [0.25, 0.3) is 0 Å². The first kappa shape index (κ1) is 12.5. The van der Waals surface area contributed by atoms with Crippen LogP contribution < -0.4 is 0 Å². The number of aliphatic hydroxyl groups excluding tert-OH is 1. The molecule has 0 saturated carbocycles. The van der Waals surface area contributed by atoms with Crippen LogP contribution in [0.2, 0.25) is 0 Å². The van der Waals surface area contributed by atoms with Crippen LogP contribution >= 0.6 is 0 Å². The molecule has 1 aliphatic rings. The van der Waals surface area contributed by atoms with E-state index in [2.05, 4.69) is 18.9 Å². The Kier molecular flexibility index (Phi) is 5.05. The topological polar surface area (TPSA) is 43.8 Å². The number of carbonyl (C=O) groups is 1. The largest absolute Gasteiger partial charge is 0.396 e. The van der Waals surface area contributed by atoms with Crippen molar-refractivity contribution < 1.29 is 9.90 Å². The minimum Gasteiger partial charge on any atom is -0.396 e. The monoisotopic (exact) mass is 214 g/mol. The minimum absolute atomic E-state index is 0.152. The van der Waals surface area contributed by atoms with Gasteiger partial charge in [0.2, 0.25) is 5.91 Å². The lowest BCUT2D eigenvalue weighted by Gasteiger charge is -2.39. The Morgan fingerprint density at radius 2 is 2.20 bits per heavy atom. The summed E-state index contributed by atoms with van der Waals surface area (Å²) in [5, 5.41) is 12.7. The summed E-state index contributed by atoms with van der Waals surface area (Å²) >= 11 is 0. The van der Waals surface area contributed by atoms with Crippen LogP contribution in [-0.4, -0.2) is 47.3 Å². The Labute approximate surface area is 91.8 Å². The van der Waals surface area contributed by atoms with Gasteiger partial charge in [0.05, 0.1) is 0 Å². The third-order valence-corrected chi connectivity index (χ3v) is 2.54. The molecule has 0 bridgehead atoms. The lowest BCUT2D eigenvalue weighted by Crippen LogP contribution is -2.52. The summed E-state index contributed by atoms with van der Waals surface area (Å²) in [4.78, 5) is 11.7. The number of hydrogen-bond donors (Lipinski definition) is 1. The number of hydrogen-bond acceptors (Lipinski definition) is 3. The molecule has 1 aliphatic heterocycles. The first-order chi connectivity index (χ1) is 7.15. The molecular weight excluding hydrogens is 192 g/mol. The second-order valence-corrected chi connectivity index (χ2v) is 4.50. The summed E-state index contributed by atoms with van der Waals surface area (Å²) in [6.07, 6.45) is 2.28. The Hall–Kier alpha value is -0.610. The van der Waals surface area contributed by atoms with Crippen molar-refractivity contribution in [1.29, 1.82) is 0 Å². The molecular formula is C11H22N2O2. The number of hydrazine groups is 1. The highest BCUT2D eigenvalue weighted by Crippen LogP contribution is 2.14. The molecule has 1 fully saturated rings. The van der Waals surface area contributed by atoms with E-state index in [1.807, 2.05) is 5.01 Å². The van der Waals surface area contributed by atoms with Gasteiger partial charge in [-0.15, -0.1) is 0 Å². The molecule has 0 aliphatic carbocycles. The van der Waals surface area contributed by atoms with Crippen LogP contribution in [0.5, 0.6) is 0 Å². The predicted molar refractivity (Wildman–Crippen MR) is 59.1 cm³/mol. The number of aliphatic hydroxyl groups is 1. The molecule has 0 spiro atoms. The van der Waals surface area contributed by atoms with Gasteiger partial charge in [-0.1, -0.05) is 13.8 Å². The van der Waals surface area contributed by atoms with E-state index in [9.17, 15) is 4.79 Å². The van der Waals surface area contributed by atoms with Crippen LogP contribution in [0.15, 0.2) is 0 Å². The zero-order valence-corrected chi connectivity index (χ0v) is 9.78. The fourth-order valence-corrected chi connectivity index (χ4v) is 1.92. The van der Waals surface area contributed by atoms with E-state index in [0.717, 1.165) is 19.5 Å². The second-order valence-electron chi connectivity index (χ2n) is 4.50. The normalized spacial score (nSPS) is 18.9. The highest BCUT2D eigenvalue weighted by Gasteiger charge is 2.25. The predicted octanol–water partition coefficient (Wildman–Crippen LogP) is 0.864. The number of rotatable bonds is 5. The van der Waals surface area contributed by atoms with Crippen LogP contribution in [0, 0.1) is 5.92 Å². The van der Waals surface area contributed by atoms with Crippen LogP contribution in [0.25, 0.3) is 0 Å². The van der Waals surface area contributed by atoms with E-state index in [4.69, 9.17) is 5.11 Å². The van der Waals surface area contributed by atoms with E-state index < -0.39 is 0 Å². The van der Waals surface area contributed by atoms with Gasteiger partial charge in [-0.25, -0.2) is 5.01 Å². The summed E-state index contributed by atoms with van der Waals surface area (Å²) in [5.74, 6) is 0.767. The highest BCUT2D eigenvalue weighted by atomic mass is 16.3. The lowest BCUT2D eigenvalue weighted by atomic mass is 10.1. The van der Waals surface area contributed by atoms with Crippen molar-refractivity contribution in [3.05, 3.63) is 0 Å². The van der Waals surface area contributed by atoms with Gasteiger partial charge in [0, 0.05) is 32.7 Å². The third-order valence-electron chi connectivity index (χ3n) is 2.54. The van der Waals surface area contributed by atoms with Crippen LogP contribution in [0.1, 0.15) is 33.1 Å². The second kappa shape index (κ2) is 6.08. The van der Waals surface area contributed by atoms with Crippen molar-refractivity contribution in [2.75, 3.05) is 26.2 Å².